The van der Waals surface area contributed by atoms with Gasteiger partial charge in [-0.2, -0.15) is 0 Å². The van der Waals surface area contributed by atoms with E-state index in [-0.39, 0.29) is 5.91 Å². The van der Waals surface area contributed by atoms with Gasteiger partial charge < -0.3 is 10.6 Å². The van der Waals surface area contributed by atoms with Crippen LogP contribution in [0.5, 0.6) is 0 Å². The van der Waals surface area contributed by atoms with Crippen LogP contribution in [-0.4, -0.2) is 25.5 Å². The van der Waals surface area contributed by atoms with E-state index in [4.69, 9.17) is 0 Å². The molecule has 0 aliphatic carbocycles. The van der Waals surface area contributed by atoms with Crippen LogP contribution >= 0.6 is 0 Å². The molecular weight excluding hydrogens is 128 g/mol. The lowest BCUT2D eigenvalue weighted by atomic mass is 10.2. The maximum Gasteiger partial charge on any atom is 0.233 e. The average molecular weight is 144 g/mol. The minimum absolute atomic E-state index is 0.0419. The van der Waals surface area contributed by atoms with Gasteiger partial charge in [0, 0.05) is 13.1 Å². The molecule has 0 saturated carbocycles. The Balaban J connectivity index is 3.26. The molecule has 0 bridgehead atoms. The van der Waals surface area contributed by atoms with Crippen molar-refractivity contribution in [2.45, 2.75) is 26.3 Å². The highest BCUT2D eigenvalue weighted by Gasteiger charge is 1.99. The van der Waals surface area contributed by atoms with Gasteiger partial charge in [-0.15, -0.1) is 0 Å². The Morgan fingerprint density at radius 1 is 1.60 bits per heavy atom. The largest absolute Gasteiger partial charge is 0.358 e. The first-order chi connectivity index (χ1) is 4.70. The molecule has 0 spiro atoms. The zero-order chi connectivity index (χ0) is 7.98. The molecule has 0 aromatic rings. The number of hydrogen-bond donors (Lipinski definition) is 2. The molecule has 60 valence electrons. The number of carbonyl (C=O) groups excluding carboxylic acids is 1. The Labute approximate surface area is 62.2 Å². The van der Waals surface area contributed by atoms with Gasteiger partial charge in [0.1, 0.15) is 0 Å². The first-order valence-corrected chi connectivity index (χ1v) is 3.64. The van der Waals surface area contributed by atoms with Crippen molar-refractivity contribution >= 4 is 5.91 Å². The zero-order valence-corrected chi connectivity index (χ0v) is 6.90. The first-order valence-electron chi connectivity index (χ1n) is 3.64. The van der Waals surface area contributed by atoms with E-state index in [1.165, 1.54) is 0 Å². The summed E-state index contributed by atoms with van der Waals surface area (Å²) in [5, 5.41) is 5.61. The van der Waals surface area contributed by atoms with Gasteiger partial charge in [-0.05, 0) is 13.3 Å². The van der Waals surface area contributed by atoms with Crippen molar-refractivity contribution in [3.05, 3.63) is 0 Å². The van der Waals surface area contributed by atoms with Crippen LogP contribution in [0.3, 0.4) is 0 Å². The zero-order valence-electron chi connectivity index (χ0n) is 6.90. The molecule has 3 heteroatoms. The molecule has 0 aliphatic rings. The molecule has 1 amide bonds. The third-order valence-electron chi connectivity index (χ3n) is 1.50. The summed E-state index contributed by atoms with van der Waals surface area (Å²) >= 11 is 0. The molecule has 10 heavy (non-hydrogen) atoms. The van der Waals surface area contributed by atoms with E-state index in [2.05, 4.69) is 24.5 Å². The van der Waals surface area contributed by atoms with Crippen LogP contribution < -0.4 is 10.6 Å². The second kappa shape index (κ2) is 5.23. The molecule has 2 N–H and O–H groups in total. The lowest BCUT2D eigenvalue weighted by molar-refractivity contribution is -0.119. The Morgan fingerprint density at radius 3 is 2.60 bits per heavy atom. The highest BCUT2D eigenvalue weighted by atomic mass is 16.1. The fourth-order valence-corrected chi connectivity index (χ4v) is 0.500. The van der Waals surface area contributed by atoms with Crippen LogP contribution in [0.2, 0.25) is 0 Å². The van der Waals surface area contributed by atoms with Crippen LogP contribution in [0, 0.1) is 0 Å². The number of likely N-dealkylation sites (N-methyl/N-ethyl adjacent to an activating group) is 1. The van der Waals surface area contributed by atoms with Gasteiger partial charge in [0.15, 0.2) is 0 Å². The van der Waals surface area contributed by atoms with Crippen molar-refractivity contribution in [3.63, 3.8) is 0 Å². The molecule has 0 aliphatic heterocycles. The predicted molar refractivity (Wildman–Crippen MR) is 41.8 cm³/mol. The second-order valence-electron chi connectivity index (χ2n) is 2.36. The number of carbonyl (C=O) groups is 1. The molecule has 0 radical (unpaired) electrons. The fourth-order valence-electron chi connectivity index (χ4n) is 0.500. The van der Waals surface area contributed by atoms with Crippen LogP contribution in [0.1, 0.15) is 20.3 Å². The van der Waals surface area contributed by atoms with Crippen LogP contribution in [0.4, 0.5) is 0 Å². The maximum atomic E-state index is 10.7. The summed E-state index contributed by atoms with van der Waals surface area (Å²) in [5.41, 5.74) is 0. The van der Waals surface area contributed by atoms with E-state index in [1.54, 1.807) is 7.05 Å². The van der Waals surface area contributed by atoms with E-state index in [0.29, 0.717) is 12.6 Å². The maximum absolute atomic E-state index is 10.7. The molecule has 0 unspecified atom stereocenters. The van der Waals surface area contributed by atoms with Gasteiger partial charge in [-0.1, -0.05) is 6.92 Å². The van der Waals surface area contributed by atoms with Crippen molar-refractivity contribution in [3.8, 4) is 0 Å². The fraction of sp³-hybridized carbons (Fsp3) is 0.857. The van der Waals surface area contributed by atoms with Crippen molar-refractivity contribution in [1.82, 2.24) is 10.6 Å². The predicted octanol–water partition coefficient (Wildman–Crippen LogP) is 0.120. The van der Waals surface area contributed by atoms with Crippen LogP contribution in [-0.2, 0) is 4.79 Å². The first kappa shape index (κ1) is 9.43. The molecule has 0 fully saturated rings. The summed E-state index contributed by atoms with van der Waals surface area (Å²) in [6.45, 7) is 4.57. The van der Waals surface area contributed by atoms with E-state index >= 15 is 0 Å². The van der Waals surface area contributed by atoms with Crippen molar-refractivity contribution in [2.75, 3.05) is 13.6 Å². The minimum Gasteiger partial charge on any atom is -0.358 e. The second-order valence-corrected chi connectivity index (χ2v) is 2.36. The van der Waals surface area contributed by atoms with Crippen molar-refractivity contribution < 1.29 is 4.79 Å². The molecule has 0 aromatic heterocycles. The normalized spacial score (nSPS) is 12.7. The lowest BCUT2D eigenvalue weighted by Gasteiger charge is -2.09. The van der Waals surface area contributed by atoms with Crippen molar-refractivity contribution in [2.24, 2.45) is 0 Å². The molecule has 0 saturated heterocycles. The Kier molecular flexibility index (Phi) is 4.94. The molecular formula is C7H16N2O. The number of hydrogen-bond acceptors (Lipinski definition) is 2. The topological polar surface area (TPSA) is 41.1 Å². The SMILES string of the molecule is CC[C@@H](C)NCC(=O)NC. The summed E-state index contributed by atoms with van der Waals surface area (Å²) in [5.74, 6) is 0.0419. The quantitative estimate of drug-likeness (QED) is 0.588. The minimum atomic E-state index is 0.0419. The van der Waals surface area contributed by atoms with Gasteiger partial charge in [0.2, 0.25) is 5.91 Å². The highest BCUT2D eigenvalue weighted by molar-refractivity contribution is 5.77. The van der Waals surface area contributed by atoms with Crippen LogP contribution in [0.15, 0.2) is 0 Å². The highest BCUT2D eigenvalue weighted by Crippen LogP contribution is 1.85. The molecule has 0 rings (SSSR count). The summed E-state index contributed by atoms with van der Waals surface area (Å²) < 4.78 is 0. The third kappa shape index (κ3) is 4.32. The summed E-state index contributed by atoms with van der Waals surface area (Å²) in [4.78, 5) is 10.7. The van der Waals surface area contributed by atoms with E-state index in [0.717, 1.165) is 6.42 Å². The van der Waals surface area contributed by atoms with E-state index in [9.17, 15) is 4.79 Å². The third-order valence-corrected chi connectivity index (χ3v) is 1.50. The summed E-state index contributed by atoms with van der Waals surface area (Å²) in [6, 6.07) is 0.428. The standard InChI is InChI=1S/C7H16N2O/c1-4-6(2)9-5-7(10)8-3/h6,9H,4-5H2,1-3H3,(H,8,10)/t6-/m1/s1. The summed E-state index contributed by atoms with van der Waals surface area (Å²) in [7, 11) is 1.64. The number of amides is 1. The Morgan fingerprint density at radius 2 is 2.20 bits per heavy atom. The lowest BCUT2D eigenvalue weighted by Crippen LogP contribution is -2.36. The molecule has 1 atom stereocenters. The Bertz CT molecular complexity index is 104. The van der Waals surface area contributed by atoms with Gasteiger partial charge in [0.25, 0.3) is 0 Å². The van der Waals surface area contributed by atoms with Gasteiger partial charge in [0.05, 0.1) is 6.54 Å². The van der Waals surface area contributed by atoms with E-state index in [1.807, 2.05) is 0 Å². The molecule has 0 aromatic carbocycles. The Hall–Kier alpha value is -0.570. The molecule has 3 nitrogen and oxygen atoms in total. The van der Waals surface area contributed by atoms with Gasteiger partial charge >= 0.3 is 0 Å². The van der Waals surface area contributed by atoms with E-state index < -0.39 is 0 Å². The molecule has 0 heterocycles. The van der Waals surface area contributed by atoms with Gasteiger partial charge in [-0.3, -0.25) is 4.79 Å². The number of nitrogens with one attached hydrogen (secondary N) is 2. The average Bonchev–Trinajstić information content (AvgIpc) is 1.99. The van der Waals surface area contributed by atoms with Crippen molar-refractivity contribution in [1.29, 1.82) is 0 Å². The van der Waals surface area contributed by atoms with Crippen LogP contribution in [0.25, 0.3) is 0 Å². The monoisotopic (exact) mass is 144 g/mol. The number of rotatable bonds is 4. The van der Waals surface area contributed by atoms with Gasteiger partial charge in [-0.25, -0.2) is 0 Å². The summed E-state index contributed by atoms with van der Waals surface area (Å²) in [6.07, 6.45) is 1.05. The smallest absolute Gasteiger partial charge is 0.233 e.